The molecule has 2 N–H and O–H groups in total. The van der Waals surface area contributed by atoms with Crippen LogP contribution in [0, 0.1) is 6.92 Å². The minimum absolute atomic E-state index is 0.0424. The Bertz CT molecular complexity index is 528. The zero-order valence-corrected chi connectivity index (χ0v) is 14.9. The van der Waals surface area contributed by atoms with Gasteiger partial charge in [-0.05, 0) is 59.1 Å². The molecule has 2 rings (SSSR count). The first-order chi connectivity index (χ1) is 10.8. The number of aryl methyl sites for hydroxylation is 1. The van der Waals surface area contributed by atoms with Gasteiger partial charge in [0.2, 0.25) is 0 Å². The van der Waals surface area contributed by atoms with Crippen molar-refractivity contribution in [3.63, 3.8) is 0 Å². The molecular weight excluding hydrogens is 288 g/mol. The molecule has 1 aliphatic heterocycles. The van der Waals surface area contributed by atoms with Crippen LogP contribution < -0.4 is 10.6 Å². The molecule has 128 valence electrons. The molecule has 1 unspecified atom stereocenters. The SMILES string of the molecule is Cc1cccc(C2(CCNC(=O)OC(C)(C)C)CCCCN2)c1. The number of amides is 1. The molecule has 1 atom stereocenters. The van der Waals surface area contributed by atoms with E-state index in [2.05, 4.69) is 41.8 Å². The van der Waals surface area contributed by atoms with Crippen molar-refractivity contribution in [3.05, 3.63) is 35.4 Å². The van der Waals surface area contributed by atoms with Crippen molar-refractivity contribution in [1.29, 1.82) is 0 Å². The quantitative estimate of drug-likeness (QED) is 0.886. The Hall–Kier alpha value is -1.55. The third-order valence-electron chi connectivity index (χ3n) is 4.28. The topological polar surface area (TPSA) is 50.4 Å². The Morgan fingerprint density at radius 2 is 2.13 bits per heavy atom. The van der Waals surface area contributed by atoms with Crippen LogP contribution >= 0.6 is 0 Å². The van der Waals surface area contributed by atoms with Crippen LogP contribution in [-0.2, 0) is 10.3 Å². The van der Waals surface area contributed by atoms with Gasteiger partial charge in [0.15, 0.2) is 0 Å². The van der Waals surface area contributed by atoms with Gasteiger partial charge in [0, 0.05) is 12.1 Å². The lowest BCUT2D eigenvalue weighted by Crippen LogP contribution is -2.48. The van der Waals surface area contributed by atoms with Crippen LogP contribution in [0.4, 0.5) is 4.79 Å². The molecule has 0 saturated carbocycles. The van der Waals surface area contributed by atoms with E-state index in [-0.39, 0.29) is 11.6 Å². The maximum absolute atomic E-state index is 11.8. The first kappa shape index (κ1) is 17.8. The van der Waals surface area contributed by atoms with Crippen LogP contribution in [0.3, 0.4) is 0 Å². The van der Waals surface area contributed by atoms with Gasteiger partial charge in [-0.2, -0.15) is 0 Å². The van der Waals surface area contributed by atoms with Gasteiger partial charge in [-0.15, -0.1) is 0 Å². The van der Waals surface area contributed by atoms with E-state index in [0.29, 0.717) is 6.54 Å². The Balaban J connectivity index is 2.01. The summed E-state index contributed by atoms with van der Waals surface area (Å²) in [5.74, 6) is 0. The van der Waals surface area contributed by atoms with Gasteiger partial charge in [-0.1, -0.05) is 36.2 Å². The average molecular weight is 318 g/mol. The largest absolute Gasteiger partial charge is 0.444 e. The molecule has 1 saturated heterocycles. The number of benzene rings is 1. The van der Waals surface area contributed by atoms with Crippen LogP contribution in [-0.4, -0.2) is 24.8 Å². The van der Waals surface area contributed by atoms with E-state index in [9.17, 15) is 4.79 Å². The summed E-state index contributed by atoms with van der Waals surface area (Å²) in [7, 11) is 0. The summed E-state index contributed by atoms with van der Waals surface area (Å²) >= 11 is 0. The lowest BCUT2D eigenvalue weighted by atomic mass is 9.79. The number of rotatable bonds is 4. The molecule has 1 aliphatic rings. The number of ether oxygens (including phenoxy) is 1. The summed E-state index contributed by atoms with van der Waals surface area (Å²) in [5, 5.41) is 6.60. The minimum Gasteiger partial charge on any atom is -0.444 e. The maximum Gasteiger partial charge on any atom is 0.407 e. The van der Waals surface area contributed by atoms with Gasteiger partial charge in [-0.3, -0.25) is 0 Å². The minimum atomic E-state index is -0.457. The average Bonchev–Trinajstić information content (AvgIpc) is 2.46. The van der Waals surface area contributed by atoms with E-state index in [4.69, 9.17) is 4.74 Å². The number of alkyl carbamates (subject to hydrolysis) is 1. The van der Waals surface area contributed by atoms with E-state index < -0.39 is 5.60 Å². The Morgan fingerprint density at radius 3 is 2.74 bits per heavy atom. The van der Waals surface area contributed by atoms with Gasteiger partial charge >= 0.3 is 6.09 Å². The summed E-state index contributed by atoms with van der Waals surface area (Å²) in [6.07, 6.45) is 4.07. The molecule has 4 heteroatoms. The number of nitrogens with one attached hydrogen (secondary N) is 2. The molecule has 1 amide bonds. The van der Waals surface area contributed by atoms with Crippen molar-refractivity contribution < 1.29 is 9.53 Å². The highest BCUT2D eigenvalue weighted by Gasteiger charge is 2.33. The fourth-order valence-electron chi connectivity index (χ4n) is 3.21. The van der Waals surface area contributed by atoms with E-state index in [0.717, 1.165) is 19.4 Å². The lowest BCUT2D eigenvalue weighted by Gasteiger charge is -2.39. The van der Waals surface area contributed by atoms with Crippen LogP contribution in [0.5, 0.6) is 0 Å². The Morgan fingerprint density at radius 1 is 1.35 bits per heavy atom. The summed E-state index contributed by atoms with van der Waals surface area (Å²) in [5.41, 5.74) is 2.10. The fourth-order valence-corrected chi connectivity index (χ4v) is 3.21. The van der Waals surface area contributed by atoms with Crippen LogP contribution in [0.2, 0.25) is 0 Å². The highest BCUT2D eigenvalue weighted by atomic mass is 16.6. The lowest BCUT2D eigenvalue weighted by molar-refractivity contribution is 0.0520. The smallest absolute Gasteiger partial charge is 0.407 e. The van der Waals surface area contributed by atoms with Crippen molar-refractivity contribution in [3.8, 4) is 0 Å². The van der Waals surface area contributed by atoms with E-state index in [1.165, 1.54) is 24.0 Å². The second-order valence-corrected chi connectivity index (χ2v) is 7.51. The van der Waals surface area contributed by atoms with Crippen molar-refractivity contribution in [2.75, 3.05) is 13.1 Å². The first-order valence-electron chi connectivity index (χ1n) is 8.60. The maximum atomic E-state index is 11.8. The molecule has 1 heterocycles. The van der Waals surface area contributed by atoms with Gasteiger partial charge in [0.05, 0.1) is 0 Å². The molecule has 0 radical (unpaired) electrons. The summed E-state index contributed by atoms with van der Waals surface area (Å²) in [6.45, 7) is 9.39. The standard InChI is InChI=1S/C19H30N2O2/c1-15-8-7-9-16(14-15)19(10-5-6-12-21-19)11-13-20-17(22)23-18(2,3)4/h7-9,14,21H,5-6,10-13H2,1-4H3,(H,20,22). The summed E-state index contributed by atoms with van der Waals surface area (Å²) in [4.78, 5) is 11.8. The zero-order valence-electron chi connectivity index (χ0n) is 14.9. The molecular formula is C19H30N2O2. The molecule has 0 aliphatic carbocycles. The molecule has 1 fully saturated rings. The molecule has 23 heavy (non-hydrogen) atoms. The van der Waals surface area contributed by atoms with Gasteiger partial charge < -0.3 is 15.4 Å². The number of carbonyl (C=O) groups is 1. The monoisotopic (exact) mass is 318 g/mol. The fraction of sp³-hybridized carbons (Fsp3) is 0.632. The first-order valence-corrected chi connectivity index (χ1v) is 8.60. The van der Waals surface area contributed by atoms with E-state index >= 15 is 0 Å². The van der Waals surface area contributed by atoms with Gasteiger partial charge in [-0.25, -0.2) is 4.79 Å². The van der Waals surface area contributed by atoms with Crippen molar-refractivity contribution in [2.45, 2.75) is 64.5 Å². The molecule has 4 nitrogen and oxygen atoms in total. The Kier molecular flexibility index (Phi) is 5.69. The van der Waals surface area contributed by atoms with Crippen LogP contribution in [0.1, 0.15) is 57.6 Å². The predicted molar refractivity (Wildman–Crippen MR) is 93.6 cm³/mol. The second-order valence-electron chi connectivity index (χ2n) is 7.51. The highest BCUT2D eigenvalue weighted by molar-refractivity contribution is 5.67. The molecule has 1 aromatic carbocycles. The van der Waals surface area contributed by atoms with Crippen molar-refractivity contribution in [2.24, 2.45) is 0 Å². The Labute approximate surface area is 140 Å². The predicted octanol–water partition coefficient (Wildman–Crippen LogP) is 3.88. The summed E-state index contributed by atoms with van der Waals surface area (Å²) < 4.78 is 5.31. The van der Waals surface area contributed by atoms with Gasteiger partial charge in [0.1, 0.15) is 5.60 Å². The number of hydrogen-bond donors (Lipinski definition) is 2. The van der Waals surface area contributed by atoms with Crippen molar-refractivity contribution in [1.82, 2.24) is 10.6 Å². The molecule has 0 bridgehead atoms. The number of hydrogen-bond acceptors (Lipinski definition) is 3. The van der Waals surface area contributed by atoms with E-state index in [1.807, 2.05) is 20.8 Å². The van der Waals surface area contributed by atoms with Crippen LogP contribution in [0.15, 0.2) is 24.3 Å². The summed E-state index contributed by atoms with van der Waals surface area (Å²) in [6, 6.07) is 8.69. The van der Waals surface area contributed by atoms with E-state index in [1.54, 1.807) is 0 Å². The van der Waals surface area contributed by atoms with Crippen molar-refractivity contribution >= 4 is 6.09 Å². The third kappa shape index (κ3) is 5.24. The third-order valence-corrected chi connectivity index (χ3v) is 4.28. The van der Waals surface area contributed by atoms with Gasteiger partial charge in [0.25, 0.3) is 0 Å². The molecule has 0 aromatic heterocycles. The molecule has 0 spiro atoms. The normalized spacial score (nSPS) is 21.7. The van der Waals surface area contributed by atoms with Crippen LogP contribution in [0.25, 0.3) is 0 Å². The number of carbonyl (C=O) groups excluding carboxylic acids is 1. The number of piperidine rings is 1. The second kappa shape index (κ2) is 7.35. The molecule has 1 aromatic rings. The zero-order chi connectivity index (χ0) is 16.9. The highest BCUT2D eigenvalue weighted by Crippen LogP contribution is 2.33.